The zero-order valence-electron chi connectivity index (χ0n) is 11.3. The number of amides is 1. The molecular formula is C15H19FN2O2. The van der Waals surface area contributed by atoms with Crippen LogP contribution in [0.2, 0.25) is 0 Å². The molecule has 0 radical (unpaired) electrons. The summed E-state index contributed by atoms with van der Waals surface area (Å²) in [5, 5.41) is 3.27. The van der Waals surface area contributed by atoms with Crippen LogP contribution >= 0.6 is 0 Å². The Hall–Kier alpha value is -1.62. The fraction of sp³-hybridized carbons (Fsp3) is 0.533. The summed E-state index contributed by atoms with van der Waals surface area (Å²) in [7, 11) is 0. The van der Waals surface area contributed by atoms with Gasteiger partial charge in [0.25, 0.3) is 0 Å². The van der Waals surface area contributed by atoms with Crippen molar-refractivity contribution in [3.8, 4) is 5.75 Å². The van der Waals surface area contributed by atoms with E-state index in [1.807, 2.05) is 4.90 Å². The van der Waals surface area contributed by atoms with Crippen molar-refractivity contribution in [2.45, 2.75) is 18.9 Å². The molecule has 3 rings (SSSR count). The van der Waals surface area contributed by atoms with Crippen LogP contribution < -0.4 is 10.1 Å². The lowest BCUT2D eigenvalue weighted by Crippen LogP contribution is -2.56. The number of nitrogens with zero attached hydrogens (tertiary/aromatic N) is 1. The van der Waals surface area contributed by atoms with Gasteiger partial charge in [0, 0.05) is 6.42 Å². The molecule has 1 unspecified atom stereocenters. The smallest absolute Gasteiger partial charge is 0.223 e. The zero-order chi connectivity index (χ0) is 13.9. The van der Waals surface area contributed by atoms with E-state index in [-0.39, 0.29) is 17.8 Å². The van der Waals surface area contributed by atoms with Crippen molar-refractivity contribution in [1.29, 1.82) is 0 Å². The largest absolute Gasteiger partial charge is 0.487 e. The van der Waals surface area contributed by atoms with Crippen LogP contribution in [-0.2, 0) is 4.79 Å². The molecule has 1 aromatic carbocycles. The van der Waals surface area contributed by atoms with E-state index in [0.717, 1.165) is 19.5 Å². The number of carbonyl (C=O) groups is 1. The van der Waals surface area contributed by atoms with Crippen molar-refractivity contribution in [3.05, 3.63) is 30.1 Å². The average molecular weight is 278 g/mol. The van der Waals surface area contributed by atoms with Crippen molar-refractivity contribution in [2.75, 3.05) is 26.2 Å². The van der Waals surface area contributed by atoms with Gasteiger partial charge in [-0.05, 0) is 49.7 Å². The Bertz CT molecular complexity index is 465. The molecule has 20 heavy (non-hydrogen) atoms. The normalized spacial score (nSPS) is 22.6. The molecule has 1 amide bonds. The molecule has 4 nitrogen and oxygen atoms in total. The molecule has 2 fully saturated rings. The third-order valence-electron chi connectivity index (χ3n) is 3.94. The molecule has 0 spiro atoms. The van der Waals surface area contributed by atoms with Gasteiger partial charge in [-0.25, -0.2) is 4.39 Å². The highest BCUT2D eigenvalue weighted by molar-refractivity contribution is 5.77. The molecule has 2 saturated heterocycles. The monoisotopic (exact) mass is 278 g/mol. The Labute approximate surface area is 117 Å². The van der Waals surface area contributed by atoms with Crippen LogP contribution in [-0.4, -0.2) is 43.1 Å². The van der Waals surface area contributed by atoms with E-state index in [1.165, 1.54) is 12.1 Å². The highest BCUT2D eigenvalue weighted by Crippen LogP contribution is 2.21. The van der Waals surface area contributed by atoms with Crippen molar-refractivity contribution in [2.24, 2.45) is 5.92 Å². The quantitative estimate of drug-likeness (QED) is 0.905. The number of nitrogens with one attached hydrogen (secondary N) is 1. The standard InChI is InChI=1S/C15H19FN2O2/c16-12-1-3-13(4-2-12)20-14-9-18(10-14)15(19)7-11-5-6-17-8-11/h1-4,11,14,17H,5-10H2. The zero-order valence-corrected chi connectivity index (χ0v) is 11.3. The van der Waals surface area contributed by atoms with E-state index in [4.69, 9.17) is 4.74 Å². The van der Waals surface area contributed by atoms with Gasteiger partial charge in [0.15, 0.2) is 0 Å². The molecular weight excluding hydrogens is 259 g/mol. The molecule has 0 aromatic heterocycles. The Morgan fingerprint density at radius 2 is 2.10 bits per heavy atom. The Balaban J connectivity index is 1.41. The minimum atomic E-state index is -0.270. The number of likely N-dealkylation sites (tertiary alicyclic amines) is 1. The van der Waals surface area contributed by atoms with Gasteiger partial charge in [0.05, 0.1) is 13.1 Å². The molecule has 2 aliphatic rings. The lowest BCUT2D eigenvalue weighted by molar-refractivity contribution is -0.140. The molecule has 1 atom stereocenters. The third-order valence-corrected chi connectivity index (χ3v) is 3.94. The molecule has 5 heteroatoms. The van der Waals surface area contributed by atoms with Crippen LogP contribution in [0.4, 0.5) is 4.39 Å². The minimum absolute atomic E-state index is 0.0334. The van der Waals surface area contributed by atoms with Crippen LogP contribution in [0.5, 0.6) is 5.75 Å². The average Bonchev–Trinajstić information content (AvgIpc) is 2.88. The lowest BCUT2D eigenvalue weighted by atomic mass is 10.0. The Morgan fingerprint density at radius 3 is 2.75 bits per heavy atom. The first-order valence-electron chi connectivity index (χ1n) is 7.11. The maximum Gasteiger partial charge on any atom is 0.223 e. The van der Waals surface area contributed by atoms with E-state index in [2.05, 4.69) is 5.32 Å². The number of hydrogen-bond donors (Lipinski definition) is 1. The Morgan fingerprint density at radius 1 is 1.35 bits per heavy atom. The number of ether oxygens (including phenoxy) is 1. The van der Waals surface area contributed by atoms with Gasteiger partial charge in [0.1, 0.15) is 17.7 Å². The van der Waals surface area contributed by atoms with E-state index < -0.39 is 0 Å². The first-order valence-corrected chi connectivity index (χ1v) is 7.11. The van der Waals surface area contributed by atoms with E-state index in [9.17, 15) is 9.18 Å². The van der Waals surface area contributed by atoms with Gasteiger partial charge in [-0.3, -0.25) is 4.79 Å². The molecule has 2 aliphatic heterocycles. The predicted octanol–water partition coefficient (Wildman–Crippen LogP) is 1.41. The van der Waals surface area contributed by atoms with Gasteiger partial charge < -0.3 is 15.0 Å². The molecule has 0 bridgehead atoms. The van der Waals surface area contributed by atoms with Crippen LogP contribution in [0.1, 0.15) is 12.8 Å². The SMILES string of the molecule is O=C(CC1CCNC1)N1CC(Oc2ccc(F)cc2)C1. The van der Waals surface area contributed by atoms with Crippen molar-refractivity contribution in [1.82, 2.24) is 10.2 Å². The second-order valence-corrected chi connectivity index (χ2v) is 5.56. The summed E-state index contributed by atoms with van der Waals surface area (Å²) in [6.45, 7) is 3.25. The summed E-state index contributed by atoms with van der Waals surface area (Å²) in [5.74, 6) is 1.09. The van der Waals surface area contributed by atoms with Crippen molar-refractivity contribution >= 4 is 5.91 Å². The first kappa shape index (κ1) is 13.4. The summed E-state index contributed by atoms with van der Waals surface area (Å²) >= 11 is 0. The maximum atomic E-state index is 12.8. The predicted molar refractivity (Wildman–Crippen MR) is 73.0 cm³/mol. The van der Waals surface area contributed by atoms with Crippen LogP contribution in [0.15, 0.2) is 24.3 Å². The molecule has 0 aliphatic carbocycles. The Kier molecular flexibility index (Phi) is 3.87. The summed E-state index contributed by atoms with van der Waals surface area (Å²) in [6.07, 6.45) is 1.76. The number of carbonyl (C=O) groups excluding carboxylic acids is 1. The second kappa shape index (κ2) is 5.79. The van der Waals surface area contributed by atoms with Gasteiger partial charge in [0.2, 0.25) is 5.91 Å². The number of benzene rings is 1. The molecule has 108 valence electrons. The van der Waals surface area contributed by atoms with E-state index >= 15 is 0 Å². The van der Waals surface area contributed by atoms with Crippen LogP contribution in [0.25, 0.3) is 0 Å². The summed E-state index contributed by atoms with van der Waals surface area (Å²) < 4.78 is 18.5. The highest BCUT2D eigenvalue weighted by Gasteiger charge is 2.33. The fourth-order valence-corrected chi connectivity index (χ4v) is 2.69. The van der Waals surface area contributed by atoms with E-state index in [1.54, 1.807) is 12.1 Å². The number of halogens is 1. The van der Waals surface area contributed by atoms with Crippen molar-refractivity contribution < 1.29 is 13.9 Å². The van der Waals surface area contributed by atoms with Crippen molar-refractivity contribution in [3.63, 3.8) is 0 Å². The molecule has 1 aromatic rings. The lowest BCUT2D eigenvalue weighted by Gasteiger charge is -2.39. The van der Waals surface area contributed by atoms with Gasteiger partial charge >= 0.3 is 0 Å². The minimum Gasteiger partial charge on any atom is -0.487 e. The van der Waals surface area contributed by atoms with Gasteiger partial charge in [-0.15, -0.1) is 0 Å². The molecule has 2 heterocycles. The van der Waals surface area contributed by atoms with E-state index in [0.29, 0.717) is 31.2 Å². The van der Waals surface area contributed by atoms with Gasteiger partial charge in [-0.2, -0.15) is 0 Å². The van der Waals surface area contributed by atoms with Crippen LogP contribution in [0, 0.1) is 11.7 Å². The summed E-state index contributed by atoms with van der Waals surface area (Å²) in [4.78, 5) is 13.9. The maximum absolute atomic E-state index is 12.8. The first-order chi connectivity index (χ1) is 9.70. The summed E-state index contributed by atoms with van der Waals surface area (Å²) in [5.41, 5.74) is 0. The van der Waals surface area contributed by atoms with Crippen LogP contribution in [0.3, 0.4) is 0 Å². The number of hydrogen-bond acceptors (Lipinski definition) is 3. The van der Waals surface area contributed by atoms with Gasteiger partial charge in [-0.1, -0.05) is 0 Å². The summed E-state index contributed by atoms with van der Waals surface area (Å²) in [6, 6.07) is 5.99. The molecule has 1 N–H and O–H groups in total. The third kappa shape index (κ3) is 3.10. The number of rotatable bonds is 4. The second-order valence-electron chi connectivity index (χ2n) is 5.56. The topological polar surface area (TPSA) is 41.6 Å². The fourth-order valence-electron chi connectivity index (χ4n) is 2.69. The molecule has 0 saturated carbocycles. The highest BCUT2D eigenvalue weighted by atomic mass is 19.1.